The molecule has 3 aromatic rings. The number of nitro groups is 1. The largest absolute Gasteiger partial charge is 0.332 e. The van der Waals surface area contributed by atoms with Gasteiger partial charge in [0.2, 0.25) is 0 Å². The molecule has 7 heteroatoms. The quantitative estimate of drug-likeness (QED) is 0.425. The van der Waals surface area contributed by atoms with E-state index in [0.717, 1.165) is 16.5 Å². The summed E-state index contributed by atoms with van der Waals surface area (Å²) >= 11 is 5.14. The number of hydrogen-bond acceptors (Lipinski definition) is 4. The minimum Gasteiger partial charge on any atom is -0.332 e. The van der Waals surface area contributed by atoms with Gasteiger partial charge in [-0.25, -0.2) is 0 Å². The number of anilines is 1. The van der Waals surface area contributed by atoms with E-state index in [2.05, 4.69) is 10.6 Å². The third-order valence-corrected chi connectivity index (χ3v) is 3.76. The molecule has 3 aromatic carbocycles. The van der Waals surface area contributed by atoms with Crippen LogP contribution < -0.4 is 10.6 Å². The van der Waals surface area contributed by atoms with E-state index in [0.29, 0.717) is 0 Å². The Kier molecular flexibility index (Phi) is 4.67. The van der Waals surface area contributed by atoms with E-state index in [1.54, 1.807) is 0 Å². The lowest BCUT2D eigenvalue weighted by Gasteiger charge is -2.10. The summed E-state index contributed by atoms with van der Waals surface area (Å²) < 4.78 is 0. The highest BCUT2D eigenvalue weighted by Gasteiger charge is 2.12. The Morgan fingerprint density at radius 2 is 1.72 bits per heavy atom. The van der Waals surface area contributed by atoms with Crippen LogP contribution in [0.2, 0.25) is 0 Å². The summed E-state index contributed by atoms with van der Waals surface area (Å²) in [6, 6.07) is 19.1. The summed E-state index contributed by atoms with van der Waals surface area (Å²) in [5.74, 6) is -0.512. The summed E-state index contributed by atoms with van der Waals surface area (Å²) in [6.07, 6.45) is 0. The molecule has 0 aliphatic rings. The van der Waals surface area contributed by atoms with Gasteiger partial charge in [-0.3, -0.25) is 20.2 Å². The van der Waals surface area contributed by atoms with Gasteiger partial charge >= 0.3 is 0 Å². The smallest absolute Gasteiger partial charge is 0.270 e. The minimum absolute atomic E-state index is 0.117. The van der Waals surface area contributed by atoms with E-state index in [1.165, 1.54) is 24.3 Å². The SMILES string of the molecule is O=C(NC(=S)Nc1ccc2ccccc2c1)c1cccc([N+](=O)[O-])c1. The lowest BCUT2D eigenvalue weighted by Crippen LogP contribution is -2.34. The van der Waals surface area contributed by atoms with E-state index in [-0.39, 0.29) is 16.4 Å². The van der Waals surface area contributed by atoms with Gasteiger partial charge in [0.15, 0.2) is 5.11 Å². The first-order chi connectivity index (χ1) is 12.0. The molecule has 6 nitrogen and oxygen atoms in total. The van der Waals surface area contributed by atoms with Gasteiger partial charge < -0.3 is 5.32 Å². The molecule has 0 aliphatic carbocycles. The van der Waals surface area contributed by atoms with E-state index in [4.69, 9.17) is 12.2 Å². The molecule has 124 valence electrons. The molecule has 0 fully saturated rings. The zero-order chi connectivity index (χ0) is 17.8. The Balaban J connectivity index is 1.70. The van der Waals surface area contributed by atoms with Gasteiger partial charge in [-0.05, 0) is 41.2 Å². The fraction of sp³-hybridized carbons (Fsp3) is 0. The lowest BCUT2D eigenvalue weighted by atomic mass is 10.1. The van der Waals surface area contributed by atoms with Crippen molar-refractivity contribution in [3.8, 4) is 0 Å². The van der Waals surface area contributed by atoms with Gasteiger partial charge in [-0.2, -0.15) is 0 Å². The number of benzene rings is 3. The Hall–Kier alpha value is -3.32. The average Bonchev–Trinajstić information content (AvgIpc) is 2.61. The van der Waals surface area contributed by atoms with Crippen LogP contribution in [0.3, 0.4) is 0 Å². The van der Waals surface area contributed by atoms with E-state index in [1.807, 2.05) is 42.5 Å². The molecule has 2 N–H and O–H groups in total. The van der Waals surface area contributed by atoms with Crippen molar-refractivity contribution in [2.45, 2.75) is 0 Å². The second-order valence-electron chi connectivity index (χ2n) is 5.28. The number of hydrogen-bond donors (Lipinski definition) is 2. The minimum atomic E-state index is -0.553. The van der Waals surface area contributed by atoms with Crippen LogP contribution in [0.5, 0.6) is 0 Å². The molecule has 0 saturated heterocycles. The van der Waals surface area contributed by atoms with Crippen LogP contribution in [0.15, 0.2) is 66.7 Å². The number of amides is 1. The van der Waals surface area contributed by atoms with Crippen LogP contribution in [-0.4, -0.2) is 15.9 Å². The number of rotatable bonds is 3. The van der Waals surface area contributed by atoms with Gasteiger partial charge in [0.25, 0.3) is 11.6 Å². The Labute approximate surface area is 148 Å². The molecule has 0 saturated carbocycles. The number of carbonyl (C=O) groups excluding carboxylic acids is 1. The molecule has 0 spiro atoms. The van der Waals surface area contributed by atoms with Crippen LogP contribution in [0.25, 0.3) is 10.8 Å². The van der Waals surface area contributed by atoms with Gasteiger partial charge in [-0.15, -0.1) is 0 Å². The molecule has 0 unspecified atom stereocenters. The topological polar surface area (TPSA) is 84.3 Å². The van der Waals surface area contributed by atoms with Gasteiger partial charge in [0.1, 0.15) is 0 Å². The van der Waals surface area contributed by atoms with E-state index >= 15 is 0 Å². The van der Waals surface area contributed by atoms with Crippen molar-refractivity contribution in [3.05, 3.63) is 82.4 Å². The van der Waals surface area contributed by atoms with Gasteiger partial charge in [0, 0.05) is 23.4 Å². The fourth-order valence-corrected chi connectivity index (χ4v) is 2.58. The molecule has 0 heterocycles. The van der Waals surface area contributed by atoms with Crippen LogP contribution in [-0.2, 0) is 0 Å². The maximum Gasteiger partial charge on any atom is 0.270 e. The van der Waals surface area contributed by atoms with Crippen molar-refractivity contribution >= 4 is 45.4 Å². The molecule has 3 rings (SSSR count). The Morgan fingerprint density at radius 1 is 0.960 bits per heavy atom. The predicted molar refractivity (Wildman–Crippen MR) is 101 cm³/mol. The highest BCUT2D eigenvalue weighted by Crippen LogP contribution is 2.19. The second-order valence-corrected chi connectivity index (χ2v) is 5.69. The maximum atomic E-state index is 12.2. The summed E-state index contributed by atoms with van der Waals surface area (Å²) in [4.78, 5) is 22.4. The first-order valence-electron chi connectivity index (χ1n) is 7.38. The zero-order valence-corrected chi connectivity index (χ0v) is 13.7. The first kappa shape index (κ1) is 16.5. The number of thiocarbonyl (C=S) groups is 1. The molecule has 0 aliphatic heterocycles. The number of fused-ring (bicyclic) bond motifs is 1. The van der Waals surface area contributed by atoms with Crippen LogP contribution >= 0.6 is 12.2 Å². The number of carbonyl (C=O) groups is 1. The van der Waals surface area contributed by atoms with Crippen molar-refractivity contribution in [2.24, 2.45) is 0 Å². The second kappa shape index (κ2) is 7.06. The number of nitro benzene ring substituents is 1. The molecule has 1 amide bonds. The van der Waals surface area contributed by atoms with Crippen LogP contribution in [0.1, 0.15) is 10.4 Å². The predicted octanol–water partition coefficient (Wildman–Crippen LogP) is 3.87. The zero-order valence-electron chi connectivity index (χ0n) is 12.9. The van der Waals surface area contributed by atoms with Crippen LogP contribution in [0, 0.1) is 10.1 Å². The third kappa shape index (κ3) is 3.96. The van der Waals surface area contributed by atoms with Crippen LogP contribution in [0.4, 0.5) is 11.4 Å². The van der Waals surface area contributed by atoms with Crippen molar-refractivity contribution in [1.29, 1.82) is 0 Å². The van der Waals surface area contributed by atoms with E-state index in [9.17, 15) is 14.9 Å². The molecular formula is C18H13N3O3S. The van der Waals surface area contributed by atoms with Crippen molar-refractivity contribution in [1.82, 2.24) is 5.32 Å². The number of nitrogens with one attached hydrogen (secondary N) is 2. The molecule has 0 atom stereocenters. The summed E-state index contributed by atoms with van der Waals surface area (Å²) in [6.45, 7) is 0. The summed E-state index contributed by atoms with van der Waals surface area (Å²) in [5, 5.41) is 18.5. The number of non-ortho nitro benzene ring substituents is 1. The van der Waals surface area contributed by atoms with Gasteiger partial charge in [-0.1, -0.05) is 36.4 Å². The first-order valence-corrected chi connectivity index (χ1v) is 7.79. The Bertz CT molecular complexity index is 988. The lowest BCUT2D eigenvalue weighted by molar-refractivity contribution is -0.384. The standard InChI is InChI=1S/C18H13N3O3S/c22-17(14-6-3-7-16(11-14)21(23)24)20-18(25)19-15-9-8-12-4-1-2-5-13(12)10-15/h1-11H,(H2,19,20,22,25). The molecule has 0 bridgehead atoms. The highest BCUT2D eigenvalue weighted by molar-refractivity contribution is 7.80. The molecule has 0 radical (unpaired) electrons. The van der Waals surface area contributed by atoms with Gasteiger partial charge in [0.05, 0.1) is 4.92 Å². The molecule has 0 aromatic heterocycles. The van der Waals surface area contributed by atoms with E-state index < -0.39 is 10.8 Å². The summed E-state index contributed by atoms with van der Waals surface area (Å²) in [5.41, 5.74) is 0.751. The third-order valence-electron chi connectivity index (χ3n) is 3.55. The normalized spacial score (nSPS) is 10.2. The van der Waals surface area contributed by atoms with Crippen molar-refractivity contribution in [2.75, 3.05) is 5.32 Å². The monoisotopic (exact) mass is 351 g/mol. The number of nitrogens with zero attached hydrogens (tertiary/aromatic N) is 1. The average molecular weight is 351 g/mol. The molecule has 25 heavy (non-hydrogen) atoms. The molecular weight excluding hydrogens is 338 g/mol. The summed E-state index contributed by atoms with van der Waals surface area (Å²) in [7, 11) is 0. The Morgan fingerprint density at radius 3 is 2.48 bits per heavy atom. The fourth-order valence-electron chi connectivity index (χ4n) is 2.37. The van der Waals surface area contributed by atoms with Crippen molar-refractivity contribution in [3.63, 3.8) is 0 Å². The highest BCUT2D eigenvalue weighted by atomic mass is 32.1. The maximum absolute atomic E-state index is 12.2. The van der Waals surface area contributed by atoms with Crippen molar-refractivity contribution < 1.29 is 9.72 Å².